The molecule has 2 unspecified atom stereocenters. The van der Waals surface area contributed by atoms with Crippen molar-refractivity contribution in [1.82, 2.24) is 19.7 Å². The molecule has 0 radical (unpaired) electrons. The number of morpholine rings is 1. The summed E-state index contributed by atoms with van der Waals surface area (Å²) in [6.07, 6.45) is 6.81. The number of fused-ring (bicyclic) bond motifs is 1. The number of rotatable bonds is 2. The average molecular weight is 312 g/mol. The lowest BCUT2D eigenvalue weighted by atomic mass is 10.1. The van der Waals surface area contributed by atoms with Crippen LogP contribution in [0.5, 0.6) is 0 Å². The molecule has 0 spiro atoms. The van der Waals surface area contributed by atoms with Gasteiger partial charge in [0, 0.05) is 12.7 Å². The van der Waals surface area contributed by atoms with Gasteiger partial charge in [0.15, 0.2) is 5.82 Å². The molecule has 2 aromatic heterocycles. The van der Waals surface area contributed by atoms with E-state index in [1.165, 1.54) is 0 Å². The van der Waals surface area contributed by atoms with Crippen molar-refractivity contribution in [2.24, 2.45) is 0 Å². The van der Waals surface area contributed by atoms with Crippen molar-refractivity contribution in [1.29, 1.82) is 0 Å². The predicted octanol–water partition coefficient (Wildman–Crippen LogP) is 1.97. The summed E-state index contributed by atoms with van der Waals surface area (Å²) in [5.41, 5.74) is 1.48. The second kappa shape index (κ2) is 5.77. The lowest BCUT2D eigenvalue weighted by Gasteiger charge is -2.37. The van der Waals surface area contributed by atoms with Crippen LogP contribution in [0.4, 0.5) is 0 Å². The highest BCUT2D eigenvalue weighted by molar-refractivity contribution is 5.95. The molecule has 2 aliphatic rings. The molecule has 1 aliphatic carbocycles. The fourth-order valence-corrected chi connectivity index (χ4v) is 3.66. The monoisotopic (exact) mass is 312 g/mol. The summed E-state index contributed by atoms with van der Waals surface area (Å²) in [6.45, 7) is 3.20. The maximum absolute atomic E-state index is 13.0. The Labute approximate surface area is 135 Å². The topological polar surface area (TPSA) is 60.3 Å². The van der Waals surface area contributed by atoms with Crippen molar-refractivity contribution < 1.29 is 9.53 Å². The van der Waals surface area contributed by atoms with E-state index in [2.05, 4.69) is 10.1 Å². The summed E-state index contributed by atoms with van der Waals surface area (Å²) in [5.74, 6) is 0.787. The zero-order valence-electron chi connectivity index (χ0n) is 13.2. The van der Waals surface area contributed by atoms with Crippen LogP contribution in [0, 0.1) is 6.92 Å². The first-order valence-electron chi connectivity index (χ1n) is 8.14. The van der Waals surface area contributed by atoms with Crippen LogP contribution in [0.2, 0.25) is 0 Å². The van der Waals surface area contributed by atoms with Crippen LogP contribution in [0.15, 0.2) is 30.6 Å². The third kappa shape index (κ3) is 2.43. The Morgan fingerprint density at radius 3 is 3.09 bits per heavy atom. The van der Waals surface area contributed by atoms with E-state index in [0.717, 1.165) is 30.8 Å². The second-order valence-electron chi connectivity index (χ2n) is 6.15. The second-order valence-corrected chi connectivity index (χ2v) is 6.15. The highest BCUT2D eigenvalue weighted by Crippen LogP contribution is 2.31. The summed E-state index contributed by atoms with van der Waals surface area (Å²) in [4.78, 5) is 19.3. The minimum Gasteiger partial charge on any atom is -0.374 e. The van der Waals surface area contributed by atoms with Gasteiger partial charge in [-0.2, -0.15) is 5.10 Å². The van der Waals surface area contributed by atoms with E-state index in [1.807, 2.05) is 30.0 Å². The van der Waals surface area contributed by atoms with Crippen LogP contribution in [0.25, 0.3) is 5.82 Å². The molecule has 2 atom stereocenters. The first-order valence-corrected chi connectivity index (χ1v) is 8.14. The largest absolute Gasteiger partial charge is 0.374 e. The van der Waals surface area contributed by atoms with Crippen LogP contribution in [-0.4, -0.2) is 50.9 Å². The Morgan fingerprint density at radius 2 is 2.26 bits per heavy atom. The molecule has 6 nitrogen and oxygen atoms in total. The average Bonchev–Trinajstić information content (AvgIpc) is 3.21. The molecule has 0 N–H and O–H groups in total. The molecule has 3 heterocycles. The Bertz CT molecular complexity index is 713. The standard InChI is InChI=1S/C17H20N4O2/c1-12-13(11-19-21(12)16-7-2-3-8-18-16)17(22)20-9-10-23-15-6-4-5-14(15)20/h2-3,7-8,11,14-15H,4-6,9-10H2,1H3. The van der Waals surface area contributed by atoms with Crippen LogP contribution >= 0.6 is 0 Å². The molecule has 1 aliphatic heterocycles. The van der Waals surface area contributed by atoms with Crippen molar-refractivity contribution in [3.8, 4) is 5.82 Å². The van der Waals surface area contributed by atoms with Crippen molar-refractivity contribution >= 4 is 5.91 Å². The van der Waals surface area contributed by atoms with Gasteiger partial charge in [0.25, 0.3) is 5.91 Å². The summed E-state index contributed by atoms with van der Waals surface area (Å²) >= 11 is 0. The number of carbonyl (C=O) groups is 1. The Balaban J connectivity index is 1.63. The third-order valence-electron chi connectivity index (χ3n) is 4.85. The number of aromatic nitrogens is 3. The number of pyridine rings is 1. The number of hydrogen-bond acceptors (Lipinski definition) is 4. The molecule has 0 bridgehead atoms. The van der Waals surface area contributed by atoms with E-state index >= 15 is 0 Å². The zero-order chi connectivity index (χ0) is 15.8. The molecular weight excluding hydrogens is 292 g/mol. The summed E-state index contributed by atoms with van der Waals surface area (Å²) in [5, 5.41) is 4.36. The first kappa shape index (κ1) is 14.4. The molecular formula is C17H20N4O2. The summed E-state index contributed by atoms with van der Waals surface area (Å²) in [7, 11) is 0. The van der Waals surface area contributed by atoms with Crippen LogP contribution in [0.1, 0.15) is 35.3 Å². The molecule has 4 rings (SSSR count). The Morgan fingerprint density at radius 1 is 1.35 bits per heavy atom. The quantitative estimate of drug-likeness (QED) is 0.850. The zero-order valence-corrected chi connectivity index (χ0v) is 13.2. The minimum absolute atomic E-state index is 0.0601. The van der Waals surface area contributed by atoms with Crippen LogP contribution in [-0.2, 0) is 4.74 Å². The van der Waals surface area contributed by atoms with Gasteiger partial charge >= 0.3 is 0 Å². The number of nitrogens with zero attached hydrogens (tertiary/aromatic N) is 4. The van der Waals surface area contributed by atoms with Gasteiger partial charge in [-0.05, 0) is 38.3 Å². The van der Waals surface area contributed by atoms with Gasteiger partial charge < -0.3 is 9.64 Å². The van der Waals surface area contributed by atoms with Crippen molar-refractivity contribution in [3.05, 3.63) is 41.9 Å². The number of hydrogen-bond donors (Lipinski definition) is 0. The van der Waals surface area contributed by atoms with Gasteiger partial charge in [-0.1, -0.05) is 6.07 Å². The Kier molecular flexibility index (Phi) is 3.61. The van der Waals surface area contributed by atoms with Gasteiger partial charge in [-0.25, -0.2) is 9.67 Å². The molecule has 120 valence electrons. The van der Waals surface area contributed by atoms with Gasteiger partial charge in [-0.3, -0.25) is 4.79 Å². The van der Waals surface area contributed by atoms with E-state index in [9.17, 15) is 4.79 Å². The predicted molar refractivity (Wildman–Crippen MR) is 84.5 cm³/mol. The molecule has 1 saturated heterocycles. The van der Waals surface area contributed by atoms with Gasteiger partial charge in [0.05, 0.1) is 36.2 Å². The van der Waals surface area contributed by atoms with E-state index in [4.69, 9.17) is 4.74 Å². The molecule has 0 aromatic carbocycles. The van der Waals surface area contributed by atoms with E-state index in [1.54, 1.807) is 17.1 Å². The number of amides is 1. The first-order chi connectivity index (χ1) is 11.3. The van der Waals surface area contributed by atoms with E-state index in [0.29, 0.717) is 18.7 Å². The van der Waals surface area contributed by atoms with Crippen molar-refractivity contribution in [2.45, 2.75) is 38.3 Å². The van der Waals surface area contributed by atoms with Crippen molar-refractivity contribution in [3.63, 3.8) is 0 Å². The molecule has 1 saturated carbocycles. The summed E-state index contributed by atoms with van der Waals surface area (Å²) < 4.78 is 7.52. The molecule has 1 amide bonds. The maximum atomic E-state index is 13.0. The lowest BCUT2D eigenvalue weighted by Crippen LogP contribution is -2.51. The highest BCUT2D eigenvalue weighted by atomic mass is 16.5. The van der Waals surface area contributed by atoms with E-state index in [-0.39, 0.29) is 18.1 Å². The van der Waals surface area contributed by atoms with Crippen LogP contribution < -0.4 is 0 Å². The maximum Gasteiger partial charge on any atom is 0.257 e. The van der Waals surface area contributed by atoms with E-state index < -0.39 is 0 Å². The summed E-state index contributed by atoms with van der Waals surface area (Å²) in [6, 6.07) is 5.88. The third-order valence-corrected chi connectivity index (χ3v) is 4.85. The fraction of sp³-hybridized carbons (Fsp3) is 0.471. The molecule has 2 fully saturated rings. The lowest BCUT2D eigenvalue weighted by molar-refractivity contribution is -0.0445. The SMILES string of the molecule is Cc1c(C(=O)N2CCOC3CCCC32)cnn1-c1ccccn1. The highest BCUT2D eigenvalue weighted by Gasteiger charge is 2.39. The van der Waals surface area contributed by atoms with Crippen molar-refractivity contribution in [2.75, 3.05) is 13.2 Å². The number of ether oxygens (including phenoxy) is 1. The smallest absolute Gasteiger partial charge is 0.257 e. The molecule has 23 heavy (non-hydrogen) atoms. The van der Waals surface area contributed by atoms with Gasteiger partial charge in [0.1, 0.15) is 0 Å². The molecule has 2 aromatic rings. The number of carbonyl (C=O) groups excluding carboxylic acids is 1. The normalized spacial score (nSPS) is 23.8. The van der Waals surface area contributed by atoms with Gasteiger partial charge in [-0.15, -0.1) is 0 Å². The molecule has 6 heteroatoms. The van der Waals surface area contributed by atoms with Crippen LogP contribution in [0.3, 0.4) is 0 Å². The Hall–Kier alpha value is -2.21. The fourth-order valence-electron chi connectivity index (χ4n) is 3.66. The van der Waals surface area contributed by atoms with Gasteiger partial charge in [0.2, 0.25) is 0 Å². The minimum atomic E-state index is 0.0601.